The summed E-state index contributed by atoms with van der Waals surface area (Å²) in [4.78, 5) is 0. The van der Waals surface area contributed by atoms with Gasteiger partial charge in [-0.1, -0.05) is 133 Å². The molecule has 9 rings (SSSR count). The molecule has 2 heterocycles. The van der Waals surface area contributed by atoms with Gasteiger partial charge in [0.05, 0.1) is 22.1 Å². The summed E-state index contributed by atoms with van der Waals surface area (Å²) in [6.07, 6.45) is 8.12. The fraction of sp³-hybridized carbons (Fsp3) is 0.0476. The SMILES string of the molecule is C1=CC(n2c3ccccc3c3ccc4c5ccccc5n(-c5ccc(-c6ccccc6)cc5)c4c32)=CC(c2ccccc2)C1. The Labute approximate surface area is 256 Å². The summed E-state index contributed by atoms with van der Waals surface area (Å²) >= 11 is 0. The number of fused-ring (bicyclic) bond motifs is 7. The van der Waals surface area contributed by atoms with Gasteiger partial charge in [0, 0.05) is 38.8 Å². The van der Waals surface area contributed by atoms with E-state index >= 15 is 0 Å². The van der Waals surface area contributed by atoms with Crippen molar-refractivity contribution in [1.29, 1.82) is 0 Å². The van der Waals surface area contributed by atoms with Crippen molar-refractivity contribution in [1.82, 2.24) is 9.13 Å². The van der Waals surface area contributed by atoms with Gasteiger partial charge in [0.15, 0.2) is 0 Å². The number of aromatic nitrogens is 2. The van der Waals surface area contributed by atoms with E-state index < -0.39 is 0 Å². The van der Waals surface area contributed by atoms with Crippen LogP contribution in [0.25, 0.3) is 66.1 Å². The Morgan fingerprint density at radius 2 is 1.00 bits per heavy atom. The molecule has 208 valence electrons. The summed E-state index contributed by atoms with van der Waals surface area (Å²) in [7, 11) is 0. The first-order valence-electron chi connectivity index (χ1n) is 15.4. The lowest BCUT2D eigenvalue weighted by Gasteiger charge is -2.20. The van der Waals surface area contributed by atoms with Crippen LogP contribution in [0.5, 0.6) is 0 Å². The lowest BCUT2D eigenvalue weighted by atomic mass is 9.91. The molecule has 0 fully saturated rings. The lowest BCUT2D eigenvalue weighted by molar-refractivity contribution is 0.849. The molecule has 1 unspecified atom stereocenters. The van der Waals surface area contributed by atoms with Crippen LogP contribution in [-0.2, 0) is 0 Å². The highest BCUT2D eigenvalue weighted by atomic mass is 15.0. The molecule has 0 bridgehead atoms. The van der Waals surface area contributed by atoms with Crippen molar-refractivity contribution >= 4 is 49.3 Å². The van der Waals surface area contributed by atoms with Gasteiger partial charge in [-0.2, -0.15) is 0 Å². The van der Waals surface area contributed by atoms with Gasteiger partial charge in [-0.05, 0) is 53.5 Å². The van der Waals surface area contributed by atoms with Crippen LogP contribution in [0.2, 0.25) is 0 Å². The van der Waals surface area contributed by atoms with Gasteiger partial charge in [-0.15, -0.1) is 0 Å². The molecule has 2 nitrogen and oxygen atoms in total. The molecule has 44 heavy (non-hydrogen) atoms. The number of para-hydroxylation sites is 2. The molecule has 1 aliphatic rings. The van der Waals surface area contributed by atoms with Crippen LogP contribution in [-0.4, -0.2) is 9.13 Å². The molecule has 0 radical (unpaired) electrons. The molecule has 1 atom stereocenters. The number of rotatable bonds is 4. The van der Waals surface area contributed by atoms with E-state index in [0.717, 1.165) is 12.1 Å². The van der Waals surface area contributed by atoms with Crippen molar-refractivity contribution in [3.8, 4) is 16.8 Å². The zero-order valence-corrected chi connectivity index (χ0v) is 24.3. The molecule has 2 aromatic heterocycles. The zero-order chi connectivity index (χ0) is 29.0. The number of nitrogens with zero attached hydrogens (tertiary/aromatic N) is 2. The van der Waals surface area contributed by atoms with Gasteiger partial charge >= 0.3 is 0 Å². The number of benzene rings is 6. The molecule has 0 spiro atoms. The van der Waals surface area contributed by atoms with E-state index in [4.69, 9.17) is 0 Å². The predicted molar refractivity (Wildman–Crippen MR) is 186 cm³/mol. The largest absolute Gasteiger partial charge is 0.307 e. The Kier molecular flexibility index (Phi) is 5.67. The van der Waals surface area contributed by atoms with E-state index in [0.29, 0.717) is 5.92 Å². The van der Waals surface area contributed by atoms with E-state index in [1.54, 1.807) is 0 Å². The Balaban J connectivity index is 1.37. The van der Waals surface area contributed by atoms with Gasteiger partial charge in [-0.25, -0.2) is 0 Å². The van der Waals surface area contributed by atoms with E-state index in [1.807, 2.05) is 0 Å². The number of allylic oxidation sites excluding steroid dienone is 4. The standard InChI is InChI=1S/C42H30N2/c1-3-12-29(13-4-1)31-22-24-33(25-23-31)43-39-20-9-7-18-35(39)37-26-27-38-36-19-8-10-21-40(36)44(42(38)41(37)43)34-17-11-16-32(28-34)30-14-5-2-6-15-30/h1-15,17-28,32H,16H2. The molecule has 0 saturated heterocycles. The minimum absolute atomic E-state index is 0.336. The molecule has 6 aromatic carbocycles. The molecule has 0 aliphatic heterocycles. The molecular formula is C42H30N2. The Hall–Kier alpha value is -5.60. The smallest absolute Gasteiger partial charge is 0.0788 e. The summed E-state index contributed by atoms with van der Waals surface area (Å²) in [5.41, 5.74) is 11.1. The summed E-state index contributed by atoms with van der Waals surface area (Å²) < 4.78 is 4.98. The average molecular weight is 563 g/mol. The molecule has 0 saturated carbocycles. The van der Waals surface area contributed by atoms with Crippen LogP contribution in [0.3, 0.4) is 0 Å². The third-order valence-corrected chi connectivity index (χ3v) is 9.24. The first kappa shape index (κ1) is 24.9. The summed E-state index contributed by atoms with van der Waals surface area (Å²) in [5, 5.41) is 5.08. The summed E-state index contributed by atoms with van der Waals surface area (Å²) in [6.45, 7) is 0. The lowest BCUT2D eigenvalue weighted by Crippen LogP contribution is -2.04. The maximum atomic E-state index is 2.51. The van der Waals surface area contributed by atoms with E-state index in [2.05, 4.69) is 173 Å². The molecule has 1 aliphatic carbocycles. The van der Waals surface area contributed by atoms with Crippen molar-refractivity contribution in [3.63, 3.8) is 0 Å². The fourth-order valence-corrected chi connectivity index (χ4v) is 7.22. The van der Waals surface area contributed by atoms with Gasteiger partial charge in [-0.3, -0.25) is 0 Å². The van der Waals surface area contributed by atoms with E-state index in [9.17, 15) is 0 Å². The predicted octanol–water partition coefficient (Wildman–Crippen LogP) is 11.1. The van der Waals surface area contributed by atoms with Crippen molar-refractivity contribution in [2.75, 3.05) is 0 Å². The molecule has 8 aromatic rings. The van der Waals surface area contributed by atoms with Gasteiger partial charge in [0.2, 0.25) is 0 Å². The highest BCUT2D eigenvalue weighted by Gasteiger charge is 2.22. The molecule has 0 N–H and O–H groups in total. The van der Waals surface area contributed by atoms with Crippen LogP contribution in [0, 0.1) is 0 Å². The zero-order valence-electron chi connectivity index (χ0n) is 24.3. The van der Waals surface area contributed by atoms with Gasteiger partial charge in [0.25, 0.3) is 0 Å². The van der Waals surface area contributed by atoms with Crippen LogP contribution >= 0.6 is 0 Å². The molecule has 0 amide bonds. The Morgan fingerprint density at radius 1 is 0.455 bits per heavy atom. The minimum Gasteiger partial charge on any atom is -0.307 e. The maximum Gasteiger partial charge on any atom is 0.0788 e. The average Bonchev–Trinajstić information content (AvgIpc) is 3.62. The second kappa shape index (κ2) is 10.00. The second-order valence-corrected chi connectivity index (χ2v) is 11.7. The normalized spacial score (nSPS) is 15.0. The number of hydrogen-bond donors (Lipinski definition) is 0. The van der Waals surface area contributed by atoms with E-state index in [-0.39, 0.29) is 0 Å². The topological polar surface area (TPSA) is 9.86 Å². The Bertz CT molecular complexity index is 2380. The second-order valence-electron chi connectivity index (χ2n) is 11.7. The van der Waals surface area contributed by atoms with Crippen LogP contribution in [0.4, 0.5) is 0 Å². The van der Waals surface area contributed by atoms with Crippen molar-refractivity contribution in [2.45, 2.75) is 12.3 Å². The third-order valence-electron chi connectivity index (χ3n) is 9.24. The van der Waals surface area contributed by atoms with Gasteiger partial charge in [0.1, 0.15) is 0 Å². The highest BCUT2D eigenvalue weighted by Crippen LogP contribution is 2.43. The first-order chi connectivity index (χ1) is 21.8. The highest BCUT2D eigenvalue weighted by molar-refractivity contribution is 6.24. The fourth-order valence-electron chi connectivity index (χ4n) is 7.22. The quantitative estimate of drug-likeness (QED) is 0.202. The minimum atomic E-state index is 0.336. The molecular weight excluding hydrogens is 532 g/mol. The van der Waals surface area contributed by atoms with Crippen LogP contribution in [0.15, 0.2) is 164 Å². The Morgan fingerprint density at radius 3 is 1.68 bits per heavy atom. The van der Waals surface area contributed by atoms with Gasteiger partial charge < -0.3 is 9.13 Å². The maximum absolute atomic E-state index is 2.51. The molecule has 2 heteroatoms. The first-order valence-corrected chi connectivity index (χ1v) is 15.4. The van der Waals surface area contributed by atoms with E-state index in [1.165, 1.54) is 66.0 Å². The third kappa shape index (κ3) is 3.81. The van der Waals surface area contributed by atoms with Crippen molar-refractivity contribution in [3.05, 3.63) is 169 Å². The van der Waals surface area contributed by atoms with Crippen molar-refractivity contribution in [2.24, 2.45) is 0 Å². The van der Waals surface area contributed by atoms with Crippen molar-refractivity contribution < 1.29 is 0 Å². The summed E-state index contributed by atoms with van der Waals surface area (Å²) in [5.74, 6) is 0.336. The number of hydrogen-bond acceptors (Lipinski definition) is 0. The van der Waals surface area contributed by atoms with Crippen LogP contribution in [0.1, 0.15) is 17.9 Å². The summed E-state index contributed by atoms with van der Waals surface area (Å²) in [6, 6.07) is 52.9. The monoisotopic (exact) mass is 562 g/mol. The van der Waals surface area contributed by atoms with Crippen LogP contribution < -0.4 is 0 Å².